The van der Waals surface area contributed by atoms with Gasteiger partial charge in [0, 0.05) is 42.3 Å². The number of ether oxygens (including phenoxy) is 2. The molecule has 6 nitrogen and oxygen atoms in total. The van der Waals surface area contributed by atoms with Crippen LogP contribution in [-0.4, -0.2) is 67.0 Å². The smallest absolute Gasteiger partial charge is 0.229 e. The van der Waals surface area contributed by atoms with E-state index in [4.69, 9.17) is 21.1 Å². The number of halogens is 2. The first-order valence-electron chi connectivity index (χ1n) is 13.3. The molecule has 194 valence electrons. The lowest BCUT2D eigenvalue weighted by molar-refractivity contribution is -0.118. The predicted octanol–water partition coefficient (Wildman–Crippen LogP) is 5.34. The molecule has 1 aromatic heterocycles. The molecule has 36 heavy (non-hydrogen) atoms. The second-order valence-electron chi connectivity index (χ2n) is 11.4. The zero-order valence-corrected chi connectivity index (χ0v) is 21.7. The van der Waals surface area contributed by atoms with Crippen molar-refractivity contribution in [3.63, 3.8) is 0 Å². The molecule has 6 rings (SSSR count). The number of carbonyl (C=O) groups is 1. The summed E-state index contributed by atoms with van der Waals surface area (Å²) < 4.78 is 25.5. The normalized spacial score (nSPS) is 31.0. The topological polar surface area (TPSA) is 63.7 Å². The minimum absolute atomic E-state index is 0.0614. The van der Waals surface area contributed by atoms with Gasteiger partial charge in [0.25, 0.3) is 0 Å². The zero-order chi connectivity index (χ0) is 24.9. The lowest BCUT2D eigenvalue weighted by Crippen LogP contribution is -2.59. The molecule has 1 N–H and O–H groups in total. The Labute approximate surface area is 216 Å². The number of likely N-dealkylation sites (tertiary alicyclic amines) is 1. The highest BCUT2D eigenvalue weighted by Gasteiger charge is 2.58. The SMILES string of the molecule is CC1(N2CCC(c3cc4cc(NC(=O)C5CC56CCOCC6)ncc4cc3Cl)CC2)CCOCC1F. The van der Waals surface area contributed by atoms with Crippen molar-refractivity contribution in [1.29, 1.82) is 0 Å². The molecule has 8 heteroatoms. The molecule has 1 aromatic carbocycles. The van der Waals surface area contributed by atoms with E-state index in [9.17, 15) is 9.18 Å². The zero-order valence-electron chi connectivity index (χ0n) is 20.9. The van der Waals surface area contributed by atoms with Crippen molar-refractivity contribution < 1.29 is 18.7 Å². The van der Waals surface area contributed by atoms with Gasteiger partial charge in [0.1, 0.15) is 12.0 Å². The van der Waals surface area contributed by atoms with E-state index in [1.165, 1.54) is 0 Å². The van der Waals surface area contributed by atoms with Crippen LogP contribution in [0.2, 0.25) is 5.02 Å². The number of benzene rings is 1. The van der Waals surface area contributed by atoms with Crippen LogP contribution >= 0.6 is 11.6 Å². The molecule has 4 fully saturated rings. The molecule has 0 bridgehead atoms. The number of fused-ring (bicyclic) bond motifs is 1. The largest absolute Gasteiger partial charge is 0.381 e. The van der Waals surface area contributed by atoms with Crippen molar-refractivity contribution in [3.05, 3.63) is 35.0 Å². The fourth-order valence-electron chi connectivity index (χ4n) is 6.69. The second kappa shape index (κ2) is 9.50. The fourth-order valence-corrected chi connectivity index (χ4v) is 7.01. The van der Waals surface area contributed by atoms with Gasteiger partial charge >= 0.3 is 0 Å². The van der Waals surface area contributed by atoms with Crippen molar-refractivity contribution >= 4 is 34.1 Å². The Hall–Kier alpha value is -1.80. The minimum Gasteiger partial charge on any atom is -0.381 e. The number of pyridine rings is 1. The standard InChI is InChI=1S/C28H35ClFN3O3/c1-27(4-9-36-17-24(27)30)33-7-2-18(3-8-33)21-12-19-14-25(31-16-20(19)13-23(21)29)32-26(34)22-15-28(22)5-10-35-11-6-28/h12-14,16,18,22,24H,2-11,15,17H2,1H3,(H,31,32,34). The number of anilines is 1. The van der Waals surface area contributed by atoms with E-state index in [0.717, 1.165) is 86.2 Å². The average molecular weight is 516 g/mol. The number of piperidine rings is 1. The lowest BCUT2D eigenvalue weighted by atomic mass is 9.83. The third-order valence-electron chi connectivity index (χ3n) is 9.43. The molecule has 1 amide bonds. The van der Waals surface area contributed by atoms with Gasteiger partial charge in [-0.05, 0) is 99.0 Å². The van der Waals surface area contributed by atoms with Gasteiger partial charge < -0.3 is 14.8 Å². The Bertz CT molecular complexity index is 1150. The monoisotopic (exact) mass is 515 g/mol. The second-order valence-corrected chi connectivity index (χ2v) is 11.8. The van der Waals surface area contributed by atoms with Gasteiger partial charge in [-0.2, -0.15) is 0 Å². The van der Waals surface area contributed by atoms with Gasteiger partial charge in [-0.25, -0.2) is 9.37 Å². The highest BCUT2D eigenvalue weighted by atomic mass is 35.5. The van der Waals surface area contributed by atoms with Crippen LogP contribution < -0.4 is 5.32 Å². The molecule has 4 aliphatic rings. The third kappa shape index (κ3) is 4.42. The molecule has 1 aliphatic carbocycles. The molecule has 3 aliphatic heterocycles. The number of nitrogens with one attached hydrogen (secondary N) is 1. The quantitative estimate of drug-likeness (QED) is 0.595. The summed E-state index contributed by atoms with van der Waals surface area (Å²) in [5, 5.41) is 5.79. The van der Waals surface area contributed by atoms with Crippen LogP contribution in [0.1, 0.15) is 56.9 Å². The summed E-state index contributed by atoms with van der Waals surface area (Å²) in [6.45, 7) is 6.05. The van der Waals surface area contributed by atoms with Crippen LogP contribution in [0.5, 0.6) is 0 Å². The van der Waals surface area contributed by atoms with E-state index in [1.807, 2.05) is 19.1 Å². The van der Waals surface area contributed by atoms with Gasteiger partial charge in [0.15, 0.2) is 0 Å². The molecular weight excluding hydrogens is 481 g/mol. The summed E-state index contributed by atoms with van der Waals surface area (Å²) in [4.78, 5) is 19.7. The third-order valence-corrected chi connectivity index (χ3v) is 9.76. The van der Waals surface area contributed by atoms with Gasteiger partial charge in [-0.15, -0.1) is 0 Å². The van der Waals surface area contributed by atoms with Crippen molar-refractivity contribution in [2.75, 3.05) is 44.8 Å². The number of amides is 1. The summed E-state index contributed by atoms with van der Waals surface area (Å²) >= 11 is 6.73. The maximum atomic E-state index is 14.7. The molecule has 1 spiro atoms. The highest BCUT2D eigenvalue weighted by Crippen LogP contribution is 2.59. The Morgan fingerprint density at radius 2 is 1.86 bits per heavy atom. The number of alkyl halides is 1. The number of rotatable bonds is 4. The van der Waals surface area contributed by atoms with E-state index in [2.05, 4.69) is 21.3 Å². The first-order valence-corrected chi connectivity index (χ1v) is 13.7. The minimum atomic E-state index is -0.954. The van der Waals surface area contributed by atoms with Gasteiger partial charge in [0.05, 0.1) is 12.1 Å². The van der Waals surface area contributed by atoms with E-state index in [1.54, 1.807) is 6.20 Å². The summed E-state index contributed by atoms with van der Waals surface area (Å²) in [7, 11) is 0. The van der Waals surface area contributed by atoms with Crippen LogP contribution in [0.3, 0.4) is 0 Å². The van der Waals surface area contributed by atoms with E-state index in [0.29, 0.717) is 18.3 Å². The first-order chi connectivity index (χ1) is 17.4. The Balaban J connectivity index is 1.15. The van der Waals surface area contributed by atoms with Crippen LogP contribution in [0.15, 0.2) is 24.4 Å². The van der Waals surface area contributed by atoms with E-state index in [-0.39, 0.29) is 23.8 Å². The molecule has 4 heterocycles. The van der Waals surface area contributed by atoms with E-state index < -0.39 is 11.7 Å². The molecule has 0 radical (unpaired) electrons. The molecule has 3 saturated heterocycles. The van der Waals surface area contributed by atoms with Crippen molar-refractivity contribution in [3.8, 4) is 0 Å². The van der Waals surface area contributed by atoms with Crippen LogP contribution in [-0.2, 0) is 14.3 Å². The summed E-state index contributed by atoms with van der Waals surface area (Å²) in [6.07, 6.45) is 6.33. The fraction of sp³-hybridized carbons (Fsp3) is 0.643. The summed E-state index contributed by atoms with van der Waals surface area (Å²) in [6, 6.07) is 6.09. The van der Waals surface area contributed by atoms with Crippen LogP contribution in [0.4, 0.5) is 10.2 Å². The number of carbonyl (C=O) groups excluding carboxylic acids is 1. The highest BCUT2D eigenvalue weighted by molar-refractivity contribution is 6.32. The summed E-state index contributed by atoms with van der Waals surface area (Å²) in [5.74, 6) is 1.04. The van der Waals surface area contributed by atoms with Crippen LogP contribution in [0.25, 0.3) is 10.8 Å². The van der Waals surface area contributed by atoms with E-state index >= 15 is 0 Å². The van der Waals surface area contributed by atoms with Crippen LogP contribution in [0, 0.1) is 11.3 Å². The Kier molecular flexibility index (Phi) is 6.47. The molecule has 2 aromatic rings. The number of nitrogens with zero attached hydrogens (tertiary/aromatic N) is 2. The number of hydrogen-bond acceptors (Lipinski definition) is 5. The van der Waals surface area contributed by atoms with Crippen molar-refractivity contribution in [1.82, 2.24) is 9.88 Å². The molecule has 3 atom stereocenters. The van der Waals surface area contributed by atoms with Crippen molar-refractivity contribution in [2.45, 2.75) is 63.1 Å². The average Bonchev–Trinajstić information content (AvgIpc) is 3.58. The lowest BCUT2D eigenvalue weighted by Gasteiger charge is -2.48. The molecule has 3 unspecified atom stereocenters. The van der Waals surface area contributed by atoms with Gasteiger partial charge in [-0.3, -0.25) is 9.69 Å². The van der Waals surface area contributed by atoms with Gasteiger partial charge in [0.2, 0.25) is 5.91 Å². The molecular formula is C28H35ClFN3O3. The number of hydrogen-bond donors (Lipinski definition) is 1. The maximum absolute atomic E-state index is 14.7. The molecule has 1 saturated carbocycles. The summed E-state index contributed by atoms with van der Waals surface area (Å²) in [5.41, 5.74) is 0.822. The first kappa shape index (κ1) is 24.5. The predicted molar refractivity (Wildman–Crippen MR) is 138 cm³/mol. The Morgan fingerprint density at radius 3 is 2.61 bits per heavy atom. The maximum Gasteiger partial charge on any atom is 0.229 e. The van der Waals surface area contributed by atoms with Crippen molar-refractivity contribution in [2.24, 2.45) is 11.3 Å². The van der Waals surface area contributed by atoms with Gasteiger partial charge in [-0.1, -0.05) is 11.6 Å². The number of aromatic nitrogens is 1. The Morgan fingerprint density at radius 1 is 1.11 bits per heavy atom.